The Kier molecular flexibility index (Phi) is 5.23. The summed E-state index contributed by atoms with van der Waals surface area (Å²) in [6.07, 6.45) is 5.23. The van der Waals surface area contributed by atoms with Crippen LogP contribution in [0.4, 0.5) is 0 Å². The summed E-state index contributed by atoms with van der Waals surface area (Å²) >= 11 is 1.45. The number of dihydropyridines is 1. The highest BCUT2D eigenvalue weighted by Crippen LogP contribution is 2.40. The maximum atomic E-state index is 12.4. The molecule has 0 aliphatic carbocycles. The minimum atomic E-state index is -0.457. The van der Waals surface area contributed by atoms with Gasteiger partial charge < -0.3 is 10.1 Å². The fourth-order valence-electron chi connectivity index (χ4n) is 2.43. The van der Waals surface area contributed by atoms with E-state index in [0.717, 1.165) is 10.6 Å². The molecule has 0 aromatic carbocycles. The predicted molar refractivity (Wildman–Crippen MR) is 85.6 cm³/mol. The Labute approximate surface area is 134 Å². The molecule has 1 atom stereocenters. The number of carbonyl (C=O) groups is 1. The van der Waals surface area contributed by atoms with E-state index in [1.165, 1.54) is 11.8 Å². The number of allylic oxidation sites excluding steroid dienone is 2. The lowest BCUT2D eigenvalue weighted by molar-refractivity contribution is -0.138. The van der Waals surface area contributed by atoms with Crippen molar-refractivity contribution in [1.29, 1.82) is 5.26 Å². The molecule has 1 aromatic rings. The molecule has 0 bridgehead atoms. The average molecular weight is 315 g/mol. The lowest BCUT2D eigenvalue weighted by Crippen LogP contribution is -2.28. The fourth-order valence-corrected chi connectivity index (χ4v) is 3.07. The van der Waals surface area contributed by atoms with Gasteiger partial charge in [0.25, 0.3) is 0 Å². The summed E-state index contributed by atoms with van der Waals surface area (Å²) in [5.74, 6) is -0.865. The third-order valence-corrected chi connectivity index (χ3v) is 4.09. The molecule has 22 heavy (non-hydrogen) atoms. The zero-order chi connectivity index (χ0) is 16.1. The number of carbonyl (C=O) groups excluding carboxylic acids is 1. The van der Waals surface area contributed by atoms with Crippen molar-refractivity contribution < 1.29 is 9.53 Å². The van der Waals surface area contributed by atoms with Crippen molar-refractivity contribution in [2.24, 2.45) is 0 Å². The van der Waals surface area contributed by atoms with Gasteiger partial charge in [-0.15, -0.1) is 11.8 Å². The highest BCUT2D eigenvalue weighted by Gasteiger charge is 2.35. The first-order chi connectivity index (χ1) is 10.6. The lowest BCUT2D eigenvalue weighted by Gasteiger charge is -2.28. The van der Waals surface area contributed by atoms with Gasteiger partial charge in [0.05, 0.1) is 34.8 Å². The Balaban J connectivity index is 2.61. The second-order valence-electron chi connectivity index (χ2n) is 4.66. The number of thioether (sulfide) groups is 1. The largest absolute Gasteiger partial charge is 0.463 e. The Hall–Kier alpha value is -2.26. The second kappa shape index (κ2) is 7.14. The predicted octanol–water partition coefficient (Wildman–Crippen LogP) is 2.70. The number of nitrogens with zero attached hydrogens (tertiary/aromatic N) is 2. The Morgan fingerprint density at radius 1 is 1.59 bits per heavy atom. The van der Waals surface area contributed by atoms with Crippen LogP contribution in [0.25, 0.3) is 0 Å². The van der Waals surface area contributed by atoms with Gasteiger partial charge in [-0.25, -0.2) is 4.79 Å². The number of esters is 1. The van der Waals surface area contributed by atoms with Gasteiger partial charge in [0.15, 0.2) is 0 Å². The molecule has 2 rings (SSSR count). The highest BCUT2D eigenvalue weighted by molar-refractivity contribution is 8.02. The van der Waals surface area contributed by atoms with Crippen molar-refractivity contribution >= 4 is 17.7 Å². The lowest BCUT2D eigenvalue weighted by atomic mass is 9.83. The van der Waals surface area contributed by atoms with E-state index >= 15 is 0 Å². The zero-order valence-electron chi connectivity index (χ0n) is 12.7. The number of rotatable bonds is 4. The van der Waals surface area contributed by atoms with Crippen molar-refractivity contribution in [3.05, 3.63) is 52.0 Å². The number of hydrogen-bond acceptors (Lipinski definition) is 6. The topological polar surface area (TPSA) is 75.0 Å². The van der Waals surface area contributed by atoms with E-state index in [9.17, 15) is 10.1 Å². The van der Waals surface area contributed by atoms with Gasteiger partial charge >= 0.3 is 5.97 Å². The Morgan fingerprint density at radius 2 is 2.36 bits per heavy atom. The second-order valence-corrected chi connectivity index (χ2v) is 5.48. The molecule has 5 nitrogen and oxygen atoms in total. The summed E-state index contributed by atoms with van der Waals surface area (Å²) < 4.78 is 5.17. The van der Waals surface area contributed by atoms with E-state index in [0.29, 0.717) is 16.8 Å². The third kappa shape index (κ3) is 3.00. The van der Waals surface area contributed by atoms with Crippen molar-refractivity contribution in [2.75, 3.05) is 12.9 Å². The maximum Gasteiger partial charge on any atom is 0.336 e. The first-order valence-corrected chi connectivity index (χ1v) is 8.09. The normalized spacial score (nSPS) is 17.8. The molecule has 0 radical (unpaired) electrons. The highest BCUT2D eigenvalue weighted by atomic mass is 32.2. The minimum absolute atomic E-state index is 0.288. The molecule has 0 saturated heterocycles. The Morgan fingerprint density at radius 3 is 2.91 bits per heavy atom. The van der Waals surface area contributed by atoms with Crippen LogP contribution >= 0.6 is 11.8 Å². The number of ether oxygens (including phenoxy) is 1. The monoisotopic (exact) mass is 315 g/mol. The van der Waals surface area contributed by atoms with Gasteiger partial charge in [0.1, 0.15) is 0 Å². The van der Waals surface area contributed by atoms with E-state index in [-0.39, 0.29) is 6.61 Å². The number of aromatic nitrogens is 1. The van der Waals surface area contributed by atoms with Crippen molar-refractivity contribution in [2.45, 2.75) is 19.8 Å². The average Bonchev–Trinajstić information content (AvgIpc) is 2.54. The molecule has 1 N–H and O–H groups in total. The molecule has 0 saturated carbocycles. The SMILES string of the molecule is CCOC(=O)C1=C(C)NC(SC)=C(C#N)[C@H]1c1cccnc1. The summed E-state index contributed by atoms with van der Waals surface area (Å²) in [4.78, 5) is 16.5. The number of nitrogens with one attached hydrogen (secondary N) is 1. The van der Waals surface area contributed by atoms with Crippen LogP contribution in [-0.4, -0.2) is 23.8 Å². The van der Waals surface area contributed by atoms with Gasteiger partial charge in [-0.1, -0.05) is 6.07 Å². The van der Waals surface area contributed by atoms with E-state index in [1.54, 1.807) is 25.4 Å². The minimum Gasteiger partial charge on any atom is -0.463 e. The molecule has 114 valence electrons. The summed E-state index contributed by atoms with van der Waals surface area (Å²) in [5, 5.41) is 13.5. The molecular formula is C16H17N3O2S. The molecular weight excluding hydrogens is 298 g/mol. The summed E-state index contributed by atoms with van der Waals surface area (Å²) in [6, 6.07) is 5.89. The molecule has 1 aliphatic heterocycles. The van der Waals surface area contributed by atoms with Gasteiger partial charge in [0.2, 0.25) is 0 Å². The van der Waals surface area contributed by atoms with Gasteiger partial charge in [-0.05, 0) is 31.7 Å². The maximum absolute atomic E-state index is 12.4. The van der Waals surface area contributed by atoms with Gasteiger partial charge in [-0.2, -0.15) is 5.26 Å². The first kappa shape index (κ1) is 16.1. The summed E-state index contributed by atoms with van der Waals surface area (Å²) in [6.45, 7) is 3.87. The molecule has 0 fully saturated rings. The Bertz CT molecular complexity index is 674. The van der Waals surface area contributed by atoms with Gasteiger partial charge in [0, 0.05) is 18.1 Å². The summed E-state index contributed by atoms with van der Waals surface area (Å²) in [5.41, 5.74) is 2.48. The van der Waals surface area contributed by atoms with E-state index in [4.69, 9.17) is 4.74 Å². The molecule has 1 aliphatic rings. The third-order valence-electron chi connectivity index (χ3n) is 3.36. The standard InChI is InChI=1S/C16H17N3O2S/c1-4-21-16(20)13-10(2)19-15(22-3)12(8-17)14(13)11-6-5-7-18-9-11/h5-7,9,14,19H,4H2,1-3H3/t14-/m1/s1. The first-order valence-electron chi connectivity index (χ1n) is 6.87. The smallest absolute Gasteiger partial charge is 0.336 e. The van der Waals surface area contributed by atoms with Crippen LogP contribution in [0.5, 0.6) is 0 Å². The van der Waals surface area contributed by atoms with Crippen LogP contribution in [0.3, 0.4) is 0 Å². The number of hydrogen-bond donors (Lipinski definition) is 1. The van der Waals surface area contributed by atoms with Crippen LogP contribution in [0.1, 0.15) is 25.3 Å². The van der Waals surface area contributed by atoms with Crippen LogP contribution in [0.15, 0.2) is 46.4 Å². The molecule has 0 amide bonds. The van der Waals surface area contributed by atoms with E-state index in [2.05, 4.69) is 16.4 Å². The fraction of sp³-hybridized carbons (Fsp3) is 0.312. The molecule has 2 heterocycles. The van der Waals surface area contributed by atoms with Crippen molar-refractivity contribution in [3.8, 4) is 6.07 Å². The molecule has 0 spiro atoms. The van der Waals surface area contributed by atoms with Crippen LogP contribution in [0, 0.1) is 11.3 Å². The number of pyridine rings is 1. The van der Waals surface area contributed by atoms with Crippen molar-refractivity contribution in [1.82, 2.24) is 10.3 Å². The molecule has 1 aromatic heterocycles. The van der Waals surface area contributed by atoms with Crippen LogP contribution in [0.2, 0.25) is 0 Å². The van der Waals surface area contributed by atoms with Crippen molar-refractivity contribution in [3.63, 3.8) is 0 Å². The van der Waals surface area contributed by atoms with E-state index in [1.807, 2.05) is 19.2 Å². The van der Waals surface area contributed by atoms with Crippen LogP contribution in [-0.2, 0) is 9.53 Å². The number of nitriles is 1. The van der Waals surface area contributed by atoms with Gasteiger partial charge in [-0.3, -0.25) is 4.98 Å². The van der Waals surface area contributed by atoms with Crippen LogP contribution < -0.4 is 5.32 Å². The summed E-state index contributed by atoms with van der Waals surface area (Å²) in [7, 11) is 0. The quantitative estimate of drug-likeness (QED) is 0.861. The molecule has 6 heteroatoms. The zero-order valence-corrected chi connectivity index (χ0v) is 13.5. The molecule has 0 unspecified atom stereocenters. The van der Waals surface area contributed by atoms with E-state index < -0.39 is 11.9 Å².